The predicted octanol–water partition coefficient (Wildman–Crippen LogP) is 5.42. The lowest BCUT2D eigenvalue weighted by Crippen LogP contribution is -2.59. The van der Waals surface area contributed by atoms with Gasteiger partial charge in [0.15, 0.2) is 0 Å². The van der Waals surface area contributed by atoms with E-state index < -0.39 is 46.1 Å². The van der Waals surface area contributed by atoms with Crippen molar-refractivity contribution < 1.29 is 43.9 Å². The number of alkyl halides is 9. The minimum atomic E-state index is -7.05. The van der Waals surface area contributed by atoms with Crippen LogP contribution in [0.3, 0.4) is 0 Å². The summed E-state index contributed by atoms with van der Waals surface area (Å²) in [6.07, 6.45) is -5.22. The monoisotopic (exact) mass is 459 g/mol. The minimum absolute atomic E-state index is 0.148. The van der Waals surface area contributed by atoms with Crippen LogP contribution in [0.25, 0.3) is 11.0 Å². The van der Waals surface area contributed by atoms with Crippen molar-refractivity contribution in [1.29, 1.82) is 0 Å². The van der Waals surface area contributed by atoms with Crippen molar-refractivity contribution in [2.45, 2.75) is 49.6 Å². The number of hydrogen-bond donors (Lipinski definition) is 0. The molecule has 0 saturated carbocycles. The fourth-order valence-corrected chi connectivity index (χ4v) is 4.28. The fourth-order valence-electron chi connectivity index (χ4n) is 4.28. The van der Waals surface area contributed by atoms with Crippen LogP contribution < -0.4 is 10.5 Å². The Labute approximate surface area is 168 Å². The third kappa shape index (κ3) is 2.93. The molecule has 0 atom stereocenters. The summed E-state index contributed by atoms with van der Waals surface area (Å²) in [7, 11) is 0. The summed E-state index contributed by atoms with van der Waals surface area (Å²) in [4.78, 5) is 13.8. The molecular weight excluding hydrogens is 445 g/mol. The molecule has 12 heteroatoms. The highest BCUT2D eigenvalue weighted by atomic mass is 19.4. The SMILES string of the molecule is O=c1cc(C(F)(F)C(F)(F)C(F)(F)C(F)(F)F)c2cc3c4c(c2o1)CCCN4CCC3. The molecular formula is C19H14F9NO2. The van der Waals surface area contributed by atoms with Gasteiger partial charge in [-0.05, 0) is 37.3 Å². The van der Waals surface area contributed by atoms with Crippen molar-refractivity contribution in [1.82, 2.24) is 0 Å². The molecule has 0 amide bonds. The van der Waals surface area contributed by atoms with Crippen LogP contribution in [0.4, 0.5) is 45.2 Å². The highest BCUT2D eigenvalue weighted by molar-refractivity contribution is 5.91. The lowest BCUT2D eigenvalue weighted by molar-refractivity contribution is -0.399. The van der Waals surface area contributed by atoms with Crippen LogP contribution in [0, 0.1) is 0 Å². The highest BCUT2D eigenvalue weighted by Gasteiger charge is 2.82. The average molecular weight is 459 g/mol. The van der Waals surface area contributed by atoms with E-state index in [-0.39, 0.29) is 18.1 Å². The molecule has 0 saturated heterocycles. The molecule has 0 spiro atoms. The van der Waals surface area contributed by atoms with Gasteiger partial charge in [-0.1, -0.05) is 0 Å². The van der Waals surface area contributed by atoms with E-state index in [9.17, 15) is 44.3 Å². The Kier molecular flexibility index (Phi) is 4.61. The Balaban J connectivity index is 2.02. The second kappa shape index (κ2) is 6.55. The van der Waals surface area contributed by atoms with Crippen molar-refractivity contribution in [3.8, 4) is 0 Å². The van der Waals surface area contributed by atoms with Gasteiger partial charge in [0.2, 0.25) is 0 Å². The second-order valence-electron chi connectivity index (χ2n) is 7.63. The van der Waals surface area contributed by atoms with Gasteiger partial charge in [0.05, 0.1) is 0 Å². The molecule has 0 aliphatic carbocycles. The Hall–Kier alpha value is -2.40. The van der Waals surface area contributed by atoms with Crippen LogP contribution in [0.2, 0.25) is 0 Å². The van der Waals surface area contributed by atoms with Gasteiger partial charge < -0.3 is 9.32 Å². The van der Waals surface area contributed by atoms with Crippen LogP contribution >= 0.6 is 0 Å². The first-order chi connectivity index (χ1) is 14.2. The lowest BCUT2D eigenvalue weighted by atomic mass is 9.87. The van der Waals surface area contributed by atoms with Crippen LogP contribution in [0.5, 0.6) is 0 Å². The zero-order valence-electron chi connectivity index (χ0n) is 15.6. The van der Waals surface area contributed by atoms with Crippen molar-refractivity contribution in [2.75, 3.05) is 18.0 Å². The first-order valence-corrected chi connectivity index (χ1v) is 9.28. The Bertz CT molecular complexity index is 1100. The van der Waals surface area contributed by atoms with E-state index in [4.69, 9.17) is 4.42 Å². The van der Waals surface area contributed by atoms with Gasteiger partial charge in [-0.15, -0.1) is 0 Å². The summed E-state index contributed by atoms with van der Waals surface area (Å²) >= 11 is 0. The zero-order valence-corrected chi connectivity index (χ0v) is 15.6. The summed E-state index contributed by atoms with van der Waals surface area (Å²) in [6.45, 7) is 1.25. The van der Waals surface area contributed by atoms with Crippen LogP contribution in [-0.4, -0.2) is 31.1 Å². The number of benzene rings is 1. The van der Waals surface area contributed by atoms with Crippen molar-refractivity contribution in [3.63, 3.8) is 0 Å². The quantitative estimate of drug-likeness (QED) is 0.454. The normalized spacial score (nSPS) is 17.8. The Morgan fingerprint density at radius 3 is 2.06 bits per heavy atom. The largest absolute Gasteiger partial charge is 0.460 e. The van der Waals surface area contributed by atoms with E-state index in [2.05, 4.69) is 0 Å². The maximum atomic E-state index is 14.7. The first kappa shape index (κ1) is 21.8. The molecule has 31 heavy (non-hydrogen) atoms. The molecule has 2 aliphatic heterocycles. The standard InChI is InChI=1S/C19H14F9NO2/c20-16(21,17(22,23)18(24,25)19(26,27)28)12-8-13(30)31-15-10-4-2-6-29-5-1-3-9(14(10)29)7-11(12)15/h7-8H,1-6H2. The van der Waals surface area contributed by atoms with Gasteiger partial charge >= 0.3 is 29.6 Å². The fraction of sp³-hybridized carbons (Fsp3) is 0.526. The van der Waals surface area contributed by atoms with Crippen LogP contribution in [0.1, 0.15) is 29.5 Å². The molecule has 3 nitrogen and oxygen atoms in total. The maximum Gasteiger partial charge on any atom is 0.460 e. The third-order valence-electron chi connectivity index (χ3n) is 5.71. The first-order valence-electron chi connectivity index (χ1n) is 9.28. The number of aryl methyl sites for hydroxylation is 2. The Morgan fingerprint density at radius 2 is 1.45 bits per heavy atom. The van der Waals surface area contributed by atoms with E-state index in [0.29, 0.717) is 43.6 Å². The predicted molar refractivity (Wildman–Crippen MR) is 91.2 cm³/mol. The minimum Gasteiger partial charge on any atom is -0.422 e. The second-order valence-corrected chi connectivity index (χ2v) is 7.63. The van der Waals surface area contributed by atoms with Crippen molar-refractivity contribution >= 4 is 16.7 Å². The molecule has 1 aromatic carbocycles. The topological polar surface area (TPSA) is 33.5 Å². The summed E-state index contributed by atoms with van der Waals surface area (Å²) in [5.41, 5.74) is -2.66. The molecule has 4 rings (SSSR count). The molecule has 0 bridgehead atoms. The molecule has 1 aromatic heterocycles. The van der Waals surface area contributed by atoms with E-state index in [1.807, 2.05) is 4.90 Å². The van der Waals surface area contributed by atoms with Crippen molar-refractivity contribution in [2.24, 2.45) is 0 Å². The number of nitrogens with zero attached hydrogens (tertiary/aromatic N) is 1. The van der Waals surface area contributed by atoms with Gasteiger partial charge in [0.25, 0.3) is 0 Å². The zero-order chi connectivity index (χ0) is 23.0. The summed E-state index contributed by atoms with van der Waals surface area (Å²) in [6, 6.07) is 0.866. The number of anilines is 1. The lowest BCUT2D eigenvalue weighted by Gasteiger charge is -2.38. The number of rotatable bonds is 3. The number of hydrogen-bond acceptors (Lipinski definition) is 3. The van der Waals surface area contributed by atoms with E-state index in [1.54, 1.807) is 0 Å². The highest BCUT2D eigenvalue weighted by Crippen LogP contribution is 2.57. The van der Waals surface area contributed by atoms with Gasteiger partial charge in [-0.25, -0.2) is 4.79 Å². The van der Waals surface area contributed by atoms with Gasteiger partial charge in [-0.3, -0.25) is 0 Å². The molecule has 0 unspecified atom stereocenters. The molecule has 0 N–H and O–H groups in total. The maximum absolute atomic E-state index is 14.7. The van der Waals surface area contributed by atoms with Crippen LogP contribution in [0.15, 0.2) is 21.3 Å². The van der Waals surface area contributed by atoms with Crippen LogP contribution in [-0.2, 0) is 18.8 Å². The smallest absolute Gasteiger partial charge is 0.422 e. The summed E-state index contributed by atoms with van der Waals surface area (Å²) in [5.74, 6) is -19.9. The molecule has 170 valence electrons. The van der Waals surface area contributed by atoms with E-state index in [1.165, 1.54) is 0 Å². The molecule has 2 aromatic rings. The van der Waals surface area contributed by atoms with Gasteiger partial charge in [-0.2, -0.15) is 39.5 Å². The third-order valence-corrected chi connectivity index (χ3v) is 5.71. The molecule has 3 heterocycles. The van der Waals surface area contributed by atoms with Gasteiger partial charge in [0, 0.05) is 41.4 Å². The van der Waals surface area contributed by atoms with Crippen molar-refractivity contribution in [3.05, 3.63) is 39.2 Å². The summed E-state index contributed by atoms with van der Waals surface area (Å²) < 4.78 is 127. The number of halogens is 9. The Morgan fingerprint density at radius 1 is 0.839 bits per heavy atom. The molecule has 0 radical (unpaired) electrons. The number of fused-ring (bicyclic) bond motifs is 2. The van der Waals surface area contributed by atoms with E-state index >= 15 is 0 Å². The van der Waals surface area contributed by atoms with Gasteiger partial charge in [0.1, 0.15) is 5.58 Å². The molecule has 0 fully saturated rings. The molecule has 2 aliphatic rings. The van der Waals surface area contributed by atoms with E-state index in [0.717, 1.165) is 6.07 Å². The average Bonchev–Trinajstić information content (AvgIpc) is 2.67. The summed E-state index contributed by atoms with van der Waals surface area (Å²) in [5, 5.41) is -0.778.